The lowest BCUT2D eigenvalue weighted by atomic mass is 10.2. The highest BCUT2D eigenvalue weighted by Gasteiger charge is 2.21. The smallest absolute Gasteiger partial charge is 0.343 e. The number of carbonyl (C=O) groups is 1. The molecular formula is C20H18FN5O5. The van der Waals surface area contributed by atoms with Crippen molar-refractivity contribution in [1.82, 2.24) is 9.97 Å². The number of nitrogens with zero attached hydrogens (tertiary/aromatic N) is 3. The van der Waals surface area contributed by atoms with Gasteiger partial charge in [-0.25, -0.2) is 9.78 Å². The Hall–Kier alpha value is -4.28. The van der Waals surface area contributed by atoms with Crippen LogP contribution in [-0.4, -0.2) is 34.6 Å². The number of carbonyl (C=O) groups excluding carboxylic acids is 1. The Morgan fingerprint density at radius 1 is 1.23 bits per heavy atom. The van der Waals surface area contributed by atoms with E-state index in [-0.39, 0.29) is 35.4 Å². The summed E-state index contributed by atoms with van der Waals surface area (Å²) in [6.45, 7) is 1.84. The number of esters is 1. The van der Waals surface area contributed by atoms with Crippen LogP contribution in [0.1, 0.15) is 17.3 Å². The molecule has 0 saturated heterocycles. The van der Waals surface area contributed by atoms with E-state index in [1.165, 1.54) is 13.3 Å². The van der Waals surface area contributed by atoms with Gasteiger partial charge in [-0.2, -0.15) is 9.37 Å². The number of para-hydroxylation sites is 1. The Labute approximate surface area is 176 Å². The van der Waals surface area contributed by atoms with Crippen LogP contribution in [0.2, 0.25) is 0 Å². The molecule has 1 aromatic heterocycles. The van der Waals surface area contributed by atoms with Crippen molar-refractivity contribution in [2.24, 2.45) is 0 Å². The predicted molar refractivity (Wildman–Crippen MR) is 111 cm³/mol. The summed E-state index contributed by atoms with van der Waals surface area (Å²) in [6, 6.07) is 10.8. The van der Waals surface area contributed by atoms with Gasteiger partial charge in [0.1, 0.15) is 11.3 Å². The molecule has 0 aliphatic carbocycles. The number of halogens is 1. The molecule has 0 radical (unpaired) electrons. The molecule has 0 atom stereocenters. The van der Waals surface area contributed by atoms with Gasteiger partial charge in [-0.15, -0.1) is 0 Å². The largest absolute Gasteiger partial charge is 0.494 e. The van der Waals surface area contributed by atoms with Gasteiger partial charge >= 0.3 is 11.7 Å². The average molecular weight is 427 g/mol. The number of benzene rings is 2. The summed E-state index contributed by atoms with van der Waals surface area (Å²) >= 11 is 0. The van der Waals surface area contributed by atoms with Crippen LogP contribution in [0.4, 0.5) is 33.2 Å². The lowest BCUT2D eigenvalue weighted by Gasteiger charge is -2.14. The van der Waals surface area contributed by atoms with Crippen LogP contribution < -0.4 is 15.4 Å². The van der Waals surface area contributed by atoms with Crippen LogP contribution >= 0.6 is 0 Å². The minimum absolute atomic E-state index is 0.00862. The van der Waals surface area contributed by atoms with E-state index in [1.54, 1.807) is 31.2 Å². The maximum Gasteiger partial charge on any atom is 0.343 e. The standard InChI is InChI=1S/C20H18FN5O5/c1-3-31-19(27)13-11-22-20(25-18(13)23-12-7-5-4-6-8-12)24-15-10-16(26(28)29)14(21)9-17(15)30-2/h4-11H,3H2,1-2H3,(H2,22,23,24,25). The number of nitrogens with one attached hydrogen (secondary N) is 2. The third-order valence-corrected chi connectivity index (χ3v) is 4.03. The maximum atomic E-state index is 13.9. The topological polar surface area (TPSA) is 129 Å². The van der Waals surface area contributed by atoms with E-state index in [0.717, 1.165) is 12.1 Å². The molecule has 0 amide bonds. The molecule has 2 N–H and O–H groups in total. The highest BCUT2D eigenvalue weighted by molar-refractivity contribution is 5.95. The molecule has 0 bridgehead atoms. The second-order valence-electron chi connectivity index (χ2n) is 6.05. The quantitative estimate of drug-likeness (QED) is 0.309. The highest BCUT2D eigenvalue weighted by Crippen LogP contribution is 2.33. The number of hydrogen-bond acceptors (Lipinski definition) is 9. The van der Waals surface area contributed by atoms with Gasteiger partial charge in [0, 0.05) is 24.0 Å². The van der Waals surface area contributed by atoms with E-state index >= 15 is 0 Å². The summed E-state index contributed by atoms with van der Waals surface area (Å²) in [5, 5.41) is 16.8. The second-order valence-corrected chi connectivity index (χ2v) is 6.05. The molecule has 3 rings (SSSR count). The predicted octanol–water partition coefficient (Wildman–Crippen LogP) is 4.20. The van der Waals surface area contributed by atoms with E-state index in [2.05, 4.69) is 20.6 Å². The summed E-state index contributed by atoms with van der Waals surface area (Å²) in [7, 11) is 1.29. The van der Waals surface area contributed by atoms with Crippen molar-refractivity contribution in [3.05, 3.63) is 70.2 Å². The first-order valence-corrected chi connectivity index (χ1v) is 9.08. The highest BCUT2D eigenvalue weighted by atomic mass is 19.1. The normalized spacial score (nSPS) is 10.3. The van der Waals surface area contributed by atoms with Crippen LogP contribution in [0.25, 0.3) is 0 Å². The summed E-state index contributed by atoms with van der Waals surface area (Å²) in [5.41, 5.74) is 0.0835. The molecular weight excluding hydrogens is 409 g/mol. The number of nitro groups is 1. The van der Waals surface area contributed by atoms with Gasteiger partial charge in [-0.3, -0.25) is 10.1 Å². The number of rotatable bonds is 8. The molecule has 160 valence electrons. The van der Waals surface area contributed by atoms with Gasteiger partial charge in [-0.05, 0) is 19.1 Å². The summed E-state index contributed by atoms with van der Waals surface area (Å²) in [6.07, 6.45) is 1.25. The Morgan fingerprint density at radius 3 is 2.61 bits per heavy atom. The van der Waals surface area contributed by atoms with Crippen molar-refractivity contribution in [3.63, 3.8) is 0 Å². The van der Waals surface area contributed by atoms with Crippen LogP contribution in [0, 0.1) is 15.9 Å². The summed E-state index contributed by atoms with van der Waals surface area (Å²) in [4.78, 5) is 30.9. The molecule has 11 heteroatoms. The Morgan fingerprint density at radius 2 is 1.97 bits per heavy atom. The first-order chi connectivity index (χ1) is 14.9. The van der Waals surface area contributed by atoms with Crippen LogP contribution in [0.3, 0.4) is 0 Å². The van der Waals surface area contributed by atoms with Crippen LogP contribution in [0.5, 0.6) is 5.75 Å². The van der Waals surface area contributed by atoms with Gasteiger partial charge in [0.25, 0.3) is 0 Å². The van der Waals surface area contributed by atoms with Gasteiger partial charge in [0.15, 0.2) is 5.82 Å². The number of aromatic nitrogens is 2. The monoisotopic (exact) mass is 427 g/mol. The third-order valence-electron chi connectivity index (χ3n) is 4.03. The fraction of sp³-hybridized carbons (Fsp3) is 0.150. The molecule has 0 spiro atoms. The fourth-order valence-corrected chi connectivity index (χ4v) is 2.62. The third kappa shape index (κ3) is 5.01. The first kappa shape index (κ1) is 21.4. The molecule has 0 unspecified atom stereocenters. The maximum absolute atomic E-state index is 13.9. The zero-order valence-electron chi connectivity index (χ0n) is 16.6. The van der Waals surface area contributed by atoms with Gasteiger partial charge in [-0.1, -0.05) is 18.2 Å². The SMILES string of the molecule is CCOC(=O)c1cnc(Nc2cc([N+](=O)[O-])c(F)cc2OC)nc1Nc1ccccc1. The second kappa shape index (κ2) is 9.48. The van der Waals surface area contributed by atoms with E-state index in [9.17, 15) is 19.3 Å². The molecule has 10 nitrogen and oxygen atoms in total. The molecule has 2 aromatic carbocycles. The van der Waals surface area contributed by atoms with Crippen molar-refractivity contribution < 1.29 is 23.6 Å². The Bertz CT molecular complexity index is 1110. The molecule has 0 fully saturated rings. The number of nitro benzene ring substituents is 1. The summed E-state index contributed by atoms with van der Waals surface area (Å²) in [5.74, 6) is -1.51. The Balaban J connectivity index is 2.00. The molecule has 0 aliphatic heterocycles. The number of ether oxygens (including phenoxy) is 2. The molecule has 31 heavy (non-hydrogen) atoms. The van der Waals surface area contributed by atoms with Crippen molar-refractivity contribution in [3.8, 4) is 5.75 Å². The van der Waals surface area contributed by atoms with E-state index in [4.69, 9.17) is 9.47 Å². The van der Waals surface area contributed by atoms with E-state index in [0.29, 0.717) is 5.69 Å². The lowest BCUT2D eigenvalue weighted by Crippen LogP contribution is -2.12. The number of methoxy groups -OCH3 is 1. The zero-order chi connectivity index (χ0) is 22.4. The molecule has 1 heterocycles. The van der Waals surface area contributed by atoms with Crippen LogP contribution in [-0.2, 0) is 4.74 Å². The van der Waals surface area contributed by atoms with Crippen molar-refractivity contribution >= 4 is 34.8 Å². The van der Waals surface area contributed by atoms with Crippen molar-refractivity contribution in [2.45, 2.75) is 6.92 Å². The van der Waals surface area contributed by atoms with Crippen molar-refractivity contribution in [2.75, 3.05) is 24.4 Å². The molecule has 0 saturated carbocycles. The van der Waals surface area contributed by atoms with E-state index < -0.39 is 22.4 Å². The molecule has 3 aromatic rings. The van der Waals surface area contributed by atoms with Gasteiger partial charge < -0.3 is 20.1 Å². The van der Waals surface area contributed by atoms with Crippen molar-refractivity contribution in [1.29, 1.82) is 0 Å². The minimum Gasteiger partial charge on any atom is -0.494 e. The van der Waals surface area contributed by atoms with E-state index in [1.807, 2.05) is 6.07 Å². The van der Waals surface area contributed by atoms with Gasteiger partial charge in [0.05, 0.1) is 24.3 Å². The first-order valence-electron chi connectivity index (χ1n) is 9.08. The molecule has 0 aliphatic rings. The van der Waals surface area contributed by atoms with Gasteiger partial charge in [0.2, 0.25) is 11.8 Å². The zero-order valence-corrected chi connectivity index (χ0v) is 16.6. The van der Waals surface area contributed by atoms with Crippen LogP contribution in [0.15, 0.2) is 48.7 Å². The average Bonchev–Trinajstić information content (AvgIpc) is 2.75. The Kier molecular flexibility index (Phi) is 6.55. The number of hydrogen-bond donors (Lipinski definition) is 2. The minimum atomic E-state index is -1.04. The summed E-state index contributed by atoms with van der Waals surface area (Å²) < 4.78 is 24.0. The number of anilines is 4. The fourth-order valence-electron chi connectivity index (χ4n) is 2.62. The lowest BCUT2D eigenvalue weighted by molar-refractivity contribution is -0.387.